The van der Waals surface area contributed by atoms with Gasteiger partial charge in [0.2, 0.25) is 0 Å². The highest BCUT2D eigenvalue weighted by Gasteiger charge is 2.18. The zero-order chi connectivity index (χ0) is 20.8. The molecule has 3 rings (SSSR count). The quantitative estimate of drug-likeness (QED) is 0.700. The topological polar surface area (TPSA) is 67.9 Å². The number of halogens is 1. The molecule has 1 fully saturated rings. The molecule has 0 spiro atoms. The third kappa shape index (κ3) is 5.81. The molecule has 0 saturated carbocycles. The van der Waals surface area contributed by atoms with Crippen molar-refractivity contribution in [2.24, 2.45) is 5.92 Å². The minimum absolute atomic E-state index is 0.0212. The fraction of sp³-hybridized carbons (Fsp3) is 0.364. The number of carbonyl (C=O) groups excluding carboxylic acids is 2. The maximum Gasteiger partial charge on any atom is 0.255 e. The average Bonchev–Trinajstić information content (AvgIpc) is 2.73. The molecule has 1 heterocycles. The van der Waals surface area contributed by atoms with Crippen LogP contribution < -0.4 is 10.1 Å². The highest BCUT2D eigenvalue weighted by molar-refractivity contribution is 9.10. The Bertz CT molecular complexity index is 862. The van der Waals surface area contributed by atoms with Gasteiger partial charge in [0.25, 0.3) is 11.8 Å². The minimum atomic E-state index is -0.228. The second kappa shape index (κ2) is 9.89. The molecule has 0 bridgehead atoms. The Kier molecular flexibility index (Phi) is 7.28. The number of nitrogens with one attached hydrogen (secondary N) is 1. The van der Waals surface area contributed by atoms with Crippen LogP contribution >= 0.6 is 15.9 Å². The number of ether oxygens (including phenoxy) is 2. The van der Waals surface area contributed by atoms with E-state index in [4.69, 9.17) is 9.47 Å². The largest absolute Gasteiger partial charge is 0.492 e. The van der Waals surface area contributed by atoms with E-state index in [2.05, 4.69) is 35.1 Å². The number of anilines is 1. The molecule has 1 saturated heterocycles. The van der Waals surface area contributed by atoms with Gasteiger partial charge >= 0.3 is 0 Å². The van der Waals surface area contributed by atoms with Gasteiger partial charge in [-0.15, -0.1) is 0 Å². The monoisotopic (exact) mass is 460 g/mol. The molecule has 0 radical (unpaired) electrons. The van der Waals surface area contributed by atoms with Gasteiger partial charge in [0.05, 0.1) is 24.3 Å². The van der Waals surface area contributed by atoms with Crippen molar-refractivity contribution in [2.45, 2.75) is 13.8 Å². The zero-order valence-corrected chi connectivity index (χ0v) is 18.2. The molecular weight excluding hydrogens is 436 g/mol. The number of morpholine rings is 1. The van der Waals surface area contributed by atoms with Gasteiger partial charge in [-0.1, -0.05) is 13.8 Å². The zero-order valence-electron chi connectivity index (χ0n) is 16.6. The highest BCUT2D eigenvalue weighted by atomic mass is 79.9. The molecule has 29 heavy (non-hydrogen) atoms. The lowest BCUT2D eigenvalue weighted by molar-refractivity contribution is 0.0303. The summed E-state index contributed by atoms with van der Waals surface area (Å²) in [5.74, 6) is 0.879. The standard InChI is InChI=1S/C22H25BrN2O4/c1-15(2)14-29-20-8-5-17(13-19(20)23)21(26)24-18-6-3-16(4-7-18)22(27)25-9-11-28-12-10-25/h3-8,13,15H,9-12,14H2,1-2H3,(H,24,26). The molecule has 0 aromatic heterocycles. The second-order valence-electron chi connectivity index (χ2n) is 7.29. The van der Waals surface area contributed by atoms with E-state index >= 15 is 0 Å². The van der Waals surface area contributed by atoms with Crippen LogP contribution in [0.15, 0.2) is 46.9 Å². The fourth-order valence-corrected chi connectivity index (χ4v) is 3.36. The van der Waals surface area contributed by atoms with Gasteiger partial charge in [0.15, 0.2) is 0 Å². The van der Waals surface area contributed by atoms with E-state index in [0.29, 0.717) is 61.4 Å². The molecule has 6 nitrogen and oxygen atoms in total. The van der Waals surface area contributed by atoms with Gasteiger partial charge < -0.3 is 19.7 Å². The summed E-state index contributed by atoms with van der Waals surface area (Å²) in [6, 6.07) is 12.2. The fourth-order valence-electron chi connectivity index (χ4n) is 2.86. The Morgan fingerprint density at radius 2 is 1.76 bits per heavy atom. The van der Waals surface area contributed by atoms with Crippen LogP contribution in [0, 0.1) is 5.92 Å². The molecule has 154 valence electrons. The Morgan fingerprint density at radius 1 is 1.10 bits per heavy atom. The Labute approximate surface area is 179 Å². The summed E-state index contributed by atoms with van der Waals surface area (Å²) < 4.78 is 11.7. The molecule has 0 atom stereocenters. The van der Waals surface area contributed by atoms with E-state index in [1.807, 2.05) is 0 Å². The van der Waals surface area contributed by atoms with Crippen molar-refractivity contribution in [3.63, 3.8) is 0 Å². The molecule has 2 aromatic rings. The normalized spacial score (nSPS) is 14.0. The van der Waals surface area contributed by atoms with Gasteiger partial charge in [-0.2, -0.15) is 0 Å². The Balaban J connectivity index is 1.61. The molecular formula is C22H25BrN2O4. The highest BCUT2D eigenvalue weighted by Crippen LogP contribution is 2.27. The van der Waals surface area contributed by atoms with E-state index in [0.717, 1.165) is 4.47 Å². The smallest absolute Gasteiger partial charge is 0.255 e. The van der Waals surface area contributed by atoms with Crippen LogP contribution in [0.4, 0.5) is 5.69 Å². The molecule has 1 aliphatic heterocycles. The summed E-state index contributed by atoms with van der Waals surface area (Å²) in [5.41, 5.74) is 1.74. The van der Waals surface area contributed by atoms with Crippen molar-refractivity contribution in [3.8, 4) is 5.75 Å². The van der Waals surface area contributed by atoms with E-state index in [1.54, 1.807) is 47.4 Å². The lowest BCUT2D eigenvalue weighted by Gasteiger charge is -2.26. The number of hydrogen-bond donors (Lipinski definition) is 1. The van der Waals surface area contributed by atoms with Gasteiger partial charge in [0, 0.05) is 29.9 Å². The van der Waals surface area contributed by atoms with Crippen molar-refractivity contribution < 1.29 is 19.1 Å². The number of carbonyl (C=O) groups is 2. The lowest BCUT2D eigenvalue weighted by atomic mass is 10.1. The van der Waals surface area contributed by atoms with Crippen molar-refractivity contribution in [1.82, 2.24) is 4.90 Å². The third-order valence-corrected chi connectivity index (χ3v) is 5.07. The minimum Gasteiger partial charge on any atom is -0.492 e. The maximum atomic E-state index is 12.5. The molecule has 1 N–H and O–H groups in total. The second-order valence-corrected chi connectivity index (χ2v) is 8.14. The first kappa shape index (κ1) is 21.3. The molecule has 7 heteroatoms. The van der Waals surface area contributed by atoms with Crippen LogP contribution in [0.2, 0.25) is 0 Å². The first-order valence-electron chi connectivity index (χ1n) is 9.65. The number of hydrogen-bond acceptors (Lipinski definition) is 4. The van der Waals surface area contributed by atoms with E-state index in [-0.39, 0.29) is 11.8 Å². The molecule has 2 aromatic carbocycles. The Morgan fingerprint density at radius 3 is 2.38 bits per heavy atom. The average molecular weight is 461 g/mol. The summed E-state index contributed by atoms with van der Waals surface area (Å²) in [7, 11) is 0. The van der Waals surface area contributed by atoms with Gasteiger partial charge in [-0.3, -0.25) is 9.59 Å². The predicted molar refractivity (Wildman–Crippen MR) is 116 cm³/mol. The molecule has 0 aliphatic carbocycles. The molecule has 0 unspecified atom stereocenters. The maximum absolute atomic E-state index is 12.5. The summed E-state index contributed by atoms with van der Waals surface area (Å²) in [4.78, 5) is 26.8. The first-order valence-corrected chi connectivity index (χ1v) is 10.4. The van der Waals surface area contributed by atoms with Crippen LogP contribution in [0.3, 0.4) is 0 Å². The summed E-state index contributed by atoms with van der Waals surface area (Å²) >= 11 is 3.46. The predicted octanol–water partition coefficient (Wildman–Crippen LogP) is 4.21. The van der Waals surface area contributed by atoms with Crippen molar-refractivity contribution >= 4 is 33.4 Å². The van der Waals surface area contributed by atoms with Gasteiger partial charge in [0.1, 0.15) is 5.75 Å². The molecule has 1 aliphatic rings. The number of benzene rings is 2. The lowest BCUT2D eigenvalue weighted by Crippen LogP contribution is -2.40. The summed E-state index contributed by atoms with van der Waals surface area (Å²) in [6.07, 6.45) is 0. The van der Waals surface area contributed by atoms with Crippen LogP contribution in [-0.2, 0) is 4.74 Å². The number of rotatable bonds is 6. The third-order valence-electron chi connectivity index (χ3n) is 4.45. The van der Waals surface area contributed by atoms with Crippen LogP contribution in [0.25, 0.3) is 0 Å². The van der Waals surface area contributed by atoms with E-state index < -0.39 is 0 Å². The van der Waals surface area contributed by atoms with Crippen molar-refractivity contribution in [2.75, 3.05) is 38.2 Å². The van der Waals surface area contributed by atoms with Crippen molar-refractivity contribution in [1.29, 1.82) is 0 Å². The molecule has 2 amide bonds. The van der Waals surface area contributed by atoms with Crippen LogP contribution in [0.5, 0.6) is 5.75 Å². The Hall–Kier alpha value is -2.38. The van der Waals surface area contributed by atoms with E-state index in [1.165, 1.54) is 0 Å². The first-order chi connectivity index (χ1) is 13.9. The summed E-state index contributed by atoms with van der Waals surface area (Å²) in [5, 5.41) is 2.86. The SMILES string of the molecule is CC(C)COc1ccc(C(=O)Nc2ccc(C(=O)N3CCOCC3)cc2)cc1Br. The van der Waals surface area contributed by atoms with Crippen molar-refractivity contribution in [3.05, 3.63) is 58.1 Å². The number of nitrogens with zero attached hydrogens (tertiary/aromatic N) is 1. The van der Waals surface area contributed by atoms with E-state index in [9.17, 15) is 9.59 Å². The van der Waals surface area contributed by atoms with Crippen LogP contribution in [0.1, 0.15) is 34.6 Å². The number of amides is 2. The van der Waals surface area contributed by atoms with Gasteiger partial charge in [-0.05, 0) is 64.3 Å². The summed E-state index contributed by atoms with van der Waals surface area (Å²) in [6.45, 7) is 7.10. The van der Waals surface area contributed by atoms with Crippen LogP contribution in [-0.4, -0.2) is 49.6 Å². The van der Waals surface area contributed by atoms with Gasteiger partial charge in [-0.25, -0.2) is 0 Å².